The number of nitrogens with two attached hydrogens (primary N) is 1. The molecule has 2 aromatic heterocycles. The largest absolute Gasteiger partial charge is 0.366 e. The van der Waals surface area contributed by atoms with Crippen molar-refractivity contribution in [1.82, 2.24) is 19.9 Å². The van der Waals surface area contributed by atoms with E-state index in [4.69, 9.17) is 5.73 Å². The molecule has 1 saturated heterocycles. The average molecular weight is 373 g/mol. The van der Waals surface area contributed by atoms with Crippen molar-refractivity contribution in [2.45, 2.75) is 25.3 Å². The van der Waals surface area contributed by atoms with Crippen LogP contribution in [-0.4, -0.2) is 38.8 Å². The van der Waals surface area contributed by atoms with E-state index in [1.807, 2.05) is 30.5 Å². The molecule has 1 amide bonds. The van der Waals surface area contributed by atoms with E-state index in [1.165, 1.54) is 0 Å². The summed E-state index contributed by atoms with van der Waals surface area (Å²) in [4.78, 5) is 27.7. The van der Waals surface area contributed by atoms with E-state index in [0.717, 1.165) is 55.1 Å². The lowest BCUT2D eigenvalue weighted by atomic mass is 9.91. The van der Waals surface area contributed by atoms with Crippen molar-refractivity contribution in [1.29, 1.82) is 0 Å². The summed E-state index contributed by atoms with van der Waals surface area (Å²) in [5.41, 5.74) is 9.69. The average Bonchev–Trinajstić information content (AvgIpc) is 2.75. The monoisotopic (exact) mass is 373 g/mol. The van der Waals surface area contributed by atoms with Gasteiger partial charge in [-0.1, -0.05) is 18.2 Å². The first-order valence-corrected chi connectivity index (χ1v) is 9.54. The number of hydrogen-bond acceptors (Lipinski definition) is 5. The van der Waals surface area contributed by atoms with Crippen molar-refractivity contribution in [3.8, 4) is 11.3 Å². The smallest absolute Gasteiger partial charge is 0.248 e. The van der Waals surface area contributed by atoms with Gasteiger partial charge in [0.05, 0.1) is 17.1 Å². The summed E-state index contributed by atoms with van der Waals surface area (Å²) in [7, 11) is 0. The molecule has 6 heteroatoms. The van der Waals surface area contributed by atoms with E-state index >= 15 is 0 Å². The number of piperidine rings is 1. The van der Waals surface area contributed by atoms with Crippen LogP contribution in [0.2, 0.25) is 0 Å². The van der Waals surface area contributed by atoms with Crippen molar-refractivity contribution in [3.05, 3.63) is 78.0 Å². The molecule has 28 heavy (non-hydrogen) atoms. The van der Waals surface area contributed by atoms with Gasteiger partial charge in [-0.25, -0.2) is 0 Å². The zero-order chi connectivity index (χ0) is 19.3. The second kappa shape index (κ2) is 8.27. The molecule has 0 aliphatic carbocycles. The molecule has 1 aromatic carbocycles. The lowest BCUT2D eigenvalue weighted by Crippen LogP contribution is -2.34. The first-order chi connectivity index (χ1) is 13.7. The van der Waals surface area contributed by atoms with Gasteiger partial charge in [-0.15, -0.1) is 0 Å². The van der Waals surface area contributed by atoms with E-state index in [0.29, 0.717) is 11.5 Å². The number of nitrogens with zero attached hydrogens (tertiary/aromatic N) is 4. The molecule has 2 N–H and O–H groups in total. The molecular formula is C22H23N5O. The van der Waals surface area contributed by atoms with Crippen LogP contribution in [0.25, 0.3) is 11.3 Å². The highest BCUT2D eigenvalue weighted by atomic mass is 16.1. The van der Waals surface area contributed by atoms with Gasteiger partial charge < -0.3 is 5.73 Å². The Labute approximate surface area is 164 Å². The van der Waals surface area contributed by atoms with Gasteiger partial charge in [0.15, 0.2) is 0 Å². The Morgan fingerprint density at radius 1 is 1.07 bits per heavy atom. The third-order valence-electron chi connectivity index (χ3n) is 5.15. The second-order valence-electron chi connectivity index (χ2n) is 7.13. The number of carbonyl (C=O) groups excluding carboxylic acids is 1. The molecule has 0 spiro atoms. The van der Waals surface area contributed by atoms with Crippen LogP contribution in [0.3, 0.4) is 0 Å². The Morgan fingerprint density at radius 3 is 2.79 bits per heavy atom. The molecule has 1 fully saturated rings. The van der Waals surface area contributed by atoms with Crippen LogP contribution in [0.5, 0.6) is 0 Å². The van der Waals surface area contributed by atoms with Crippen molar-refractivity contribution in [2.75, 3.05) is 13.1 Å². The molecule has 4 rings (SSSR count). The molecule has 3 heterocycles. The fraction of sp³-hybridized carbons (Fsp3) is 0.273. The van der Waals surface area contributed by atoms with Crippen molar-refractivity contribution in [3.63, 3.8) is 0 Å². The zero-order valence-electron chi connectivity index (χ0n) is 15.7. The number of pyridine rings is 1. The summed E-state index contributed by atoms with van der Waals surface area (Å²) in [6.07, 6.45) is 7.46. The lowest BCUT2D eigenvalue weighted by Gasteiger charge is -2.32. The maximum absolute atomic E-state index is 11.6. The standard InChI is InChI=1S/C22H23N5O/c23-22(28)17-6-3-5-16(13-17)20-21(26-11-10-25-20)18-7-4-12-27(14-18)15-19-8-1-2-9-24-19/h1-3,5-6,8-11,13,18H,4,7,12,14-15H2,(H2,23,28)/t18-/m1/s1. The summed E-state index contributed by atoms with van der Waals surface area (Å²) >= 11 is 0. The number of amides is 1. The van der Waals surface area contributed by atoms with Gasteiger partial charge in [-0.3, -0.25) is 24.6 Å². The highest BCUT2D eigenvalue weighted by Crippen LogP contribution is 2.32. The van der Waals surface area contributed by atoms with E-state index < -0.39 is 5.91 Å². The number of hydrogen-bond donors (Lipinski definition) is 1. The van der Waals surface area contributed by atoms with E-state index in [1.54, 1.807) is 24.5 Å². The minimum absolute atomic E-state index is 0.290. The van der Waals surface area contributed by atoms with Crippen LogP contribution in [-0.2, 0) is 6.54 Å². The van der Waals surface area contributed by atoms with Crippen molar-refractivity contribution >= 4 is 5.91 Å². The van der Waals surface area contributed by atoms with Crippen LogP contribution in [0.1, 0.15) is 40.5 Å². The van der Waals surface area contributed by atoms with Crippen LogP contribution in [0.4, 0.5) is 0 Å². The maximum Gasteiger partial charge on any atom is 0.248 e. The molecule has 1 atom stereocenters. The fourth-order valence-electron chi connectivity index (χ4n) is 3.83. The normalized spacial score (nSPS) is 17.4. The van der Waals surface area contributed by atoms with Crippen molar-refractivity contribution in [2.24, 2.45) is 5.73 Å². The molecule has 1 aliphatic heterocycles. The predicted octanol–water partition coefficient (Wildman–Crippen LogP) is 3.02. The minimum atomic E-state index is -0.438. The molecule has 0 saturated carbocycles. The molecular weight excluding hydrogens is 350 g/mol. The van der Waals surface area contributed by atoms with E-state index in [2.05, 4.69) is 25.9 Å². The molecule has 1 aliphatic rings. The SMILES string of the molecule is NC(=O)c1cccc(-c2nccnc2[C@@H]2CCCN(Cc3ccccn3)C2)c1. The Kier molecular flexibility index (Phi) is 5.39. The zero-order valence-corrected chi connectivity index (χ0v) is 15.7. The van der Waals surface area contributed by atoms with Crippen LogP contribution < -0.4 is 5.73 Å². The van der Waals surface area contributed by atoms with Crippen LogP contribution >= 0.6 is 0 Å². The molecule has 6 nitrogen and oxygen atoms in total. The summed E-state index contributed by atoms with van der Waals surface area (Å²) in [6.45, 7) is 2.81. The number of primary amides is 1. The Bertz CT molecular complexity index is 960. The van der Waals surface area contributed by atoms with Gasteiger partial charge in [0, 0.05) is 48.7 Å². The highest BCUT2D eigenvalue weighted by Gasteiger charge is 2.25. The van der Waals surface area contributed by atoms with Crippen LogP contribution in [0.15, 0.2) is 61.1 Å². The van der Waals surface area contributed by atoms with E-state index in [-0.39, 0.29) is 0 Å². The number of aromatic nitrogens is 3. The van der Waals surface area contributed by atoms with Crippen molar-refractivity contribution < 1.29 is 4.79 Å². The Hall–Kier alpha value is -3.12. The van der Waals surface area contributed by atoms with Gasteiger partial charge in [-0.05, 0) is 43.7 Å². The third-order valence-corrected chi connectivity index (χ3v) is 5.15. The molecule has 0 bridgehead atoms. The first-order valence-electron chi connectivity index (χ1n) is 9.54. The lowest BCUT2D eigenvalue weighted by molar-refractivity contribution is 0.100. The molecule has 0 unspecified atom stereocenters. The molecule has 0 radical (unpaired) electrons. The summed E-state index contributed by atoms with van der Waals surface area (Å²) in [5, 5.41) is 0. The number of carbonyl (C=O) groups is 1. The summed E-state index contributed by atoms with van der Waals surface area (Å²) in [6, 6.07) is 13.3. The predicted molar refractivity (Wildman–Crippen MR) is 107 cm³/mol. The van der Waals surface area contributed by atoms with Gasteiger partial charge in [0.25, 0.3) is 0 Å². The maximum atomic E-state index is 11.6. The quantitative estimate of drug-likeness (QED) is 0.743. The first kappa shape index (κ1) is 18.3. The third kappa shape index (κ3) is 4.07. The van der Waals surface area contributed by atoms with E-state index in [9.17, 15) is 4.79 Å². The number of likely N-dealkylation sites (tertiary alicyclic amines) is 1. The van der Waals surface area contributed by atoms with Gasteiger partial charge in [-0.2, -0.15) is 0 Å². The van der Waals surface area contributed by atoms with Gasteiger partial charge in [0.2, 0.25) is 5.91 Å². The second-order valence-corrected chi connectivity index (χ2v) is 7.13. The summed E-state index contributed by atoms with van der Waals surface area (Å²) < 4.78 is 0. The molecule has 3 aromatic rings. The Morgan fingerprint density at radius 2 is 1.96 bits per heavy atom. The Balaban J connectivity index is 1.59. The van der Waals surface area contributed by atoms with Gasteiger partial charge in [0.1, 0.15) is 0 Å². The highest BCUT2D eigenvalue weighted by molar-refractivity contribution is 5.94. The number of benzene rings is 1. The topological polar surface area (TPSA) is 85.0 Å². The molecule has 142 valence electrons. The number of rotatable bonds is 5. The minimum Gasteiger partial charge on any atom is -0.366 e. The summed E-state index contributed by atoms with van der Waals surface area (Å²) in [5.74, 6) is -0.148. The fourth-order valence-corrected chi connectivity index (χ4v) is 3.83. The van der Waals surface area contributed by atoms with Gasteiger partial charge >= 0.3 is 0 Å². The van der Waals surface area contributed by atoms with Crippen LogP contribution in [0, 0.1) is 0 Å².